The average Bonchev–Trinajstić information content (AvgIpc) is 2.38. The van der Waals surface area contributed by atoms with Gasteiger partial charge in [-0.3, -0.25) is 0 Å². The number of hydrogen-bond acceptors (Lipinski definition) is 1. The highest BCUT2D eigenvalue weighted by Gasteiger charge is 2.13. The van der Waals surface area contributed by atoms with Gasteiger partial charge >= 0.3 is 0 Å². The van der Waals surface area contributed by atoms with Crippen molar-refractivity contribution < 1.29 is 4.48 Å². The summed E-state index contributed by atoms with van der Waals surface area (Å²) < 4.78 is 1.20. The van der Waals surface area contributed by atoms with E-state index in [0.717, 1.165) is 0 Å². The van der Waals surface area contributed by atoms with Gasteiger partial charge in [0.1, 0.15) is 5.88 Å². The van der Waals surface area contributed by atoms with E-state index in [2.05, 4.69) is 39.7 Å². The lowest BCUT2D eigenvalue weighted by molar-refractivity contribution is -0.877. The fraction of sp³-hybridized carbons (Fsp3) is 1.00. The maximum absolute atomic E-state index is 2.39. The first-order chi connectivity index (χ1) is 9.12. The third-order valence-corrected chi connectivity index (χ3v) is 5.16. The molecule has 0 aliphatic carbocycles. The summed E-state index contributed by atoms with van der Waals surface area (Å²) in [5, 5.41) is 0. The average molecular weight is 289 g/mol. The highest BCUT2D eigenvalue weighted by molar-refractivity contribution is 7.99. The first-order valence-electron chi connectivity index (χ1n) is 8.52. The number of quaternary nitrogens is 1. The van der Waals surface area contributed by atoms with E-state index >= 15 is 0 Å². The molecule has 0 radical (unpaired) electrons. The minimum absolute atomic E-state index is 1.20. The van der Waals surface area contributed by atoms with Crippen molar-refractivity contribution in [3.05, 3.63) is 0 Å². The summed E-state index contributed by atoms with van der Waals surface area (Å²) in [5.74, 6) is 2.63. The summed E-state index contributed by atoms with van der Waals surface area (Å²) in [6.45, 7) is 5.92. The lowest BCUT2D eigenvalue weighted by atomic mass is 10.1. The molecule has 0 aromatic carbocycles. The van der Waals surface area contributed by atoms with Crippen LogP contribution in [0.15, 0.2) is 0 Å². The van der Waals surface area contributed by atoms with Gasteiger partial charge in [-0.05, 0) is 25.0 Å². The molecule has 1 nitrogen and oxygen atoms in total. The van der Waals surface area contributed by atoms with Crippen molar-refractivity contribution in [2.24, 2.45) is 0 Å². The summed E-state index contributed by atoms with van der Waals surface area (Å²) >= 11 is 2.13. The van der Waals surface area contributed by atoms with Crippen LogP contribution in [-0.2, 0) is 0 Å². The van der Waals surface area contributed by atoms with Crippen molar-refractivity contribution in [1.82, 2.24) is 0 Å². The number of thioether (sulfide) groups is 1. The van der Waals surface area contributed by atoms with E-state index in [9.17, 15) is 0 Å². The van der Waals surface area contributed by atoms with Crippen LogP contribution in [0, 0.1) is 0 Å². The third kappa shape index (κ3) is 14.5. The standard InChI is InChI=1S/C17H38NS/c1-5-7-9-10-11-12-13-14-15-18(3,4)17-19-16-8-6-2/h5-17H2,1-4H3/q+1. The second-order valence-electron chi connectivity index (χ2n) is 6.53. The second kappa shape index (κ2) is 13.3. The molecule has 0 aromatic rings. The van der Waals surface area contributed by atoms with Crippen molar-refractivity contribution in [3.8, 4) is 0 Å². The topological polar surface area (TPSA) is 0 Å². The van der Waals surface area contributed by atoms with E-state index < -0.39 is 0 Å². The maximum atomic E-state index is 2.39. The Morgan fingerprint density at radius 2 is 1.21 bits per heavy atom. The fourth-order valence-corrected chi connectivity index (χ4v) is 3.54. The molecule has 0 saturated carbocycles. The molecule has 0 spiro atoms. The van der Waals surface area contributed by atoms with Crippen LogP contribution < -0.4 is 0 Å². The molecule has 0 aliphatic rings. The van der Waals surface area contributed by atoms with Gasteiger partial charge in [0.05, 0.1) is 20.6 Å². The second-order valence-corrected chi connectivity index (χ2v) is 7.60. The molecule has 0 atom stereocenters. The van der Waals surface area contributed by atoms with Crippen molar-refractivity contribution in [2.45, 2.75) is 78.1 Å². The molecule has 2 heteroatoms. The van der Waals surface area contributed by atoms with Gasteiger partial charge in [-0.2, -0.15) is 0 Å². The van der Waals surface area contributed by atoms with E-state index in [0.29, 0.717) is 0 Å². The molecule has 0 heterocycles. The SMILES string of the molecule is CCCCCCCCCC[N+](C)(C)CSCCCC. The molecular weight excluding hydrogens is 250 g/mol. The molecular formula is C17H38NS+. The number of hydrogen-bond donors (Lipinski definition) is 0. The molecule has 0 fully saturated rings. The summed E-state index contributed by atoms with van der Waals surface area (Å²) in [7, 11) is 4.78. The highest BCUT2D eigenvalue weighted by Crippen LogP contribution is 2.14. The van der Waals surface area contributed by atoms with Crippen molar-refractivity contribution in [2.75, 3.05) is 32.3 Å². The minimum atomic E-state index is 1.20. The molecule has 19 heavy (non-hydrogen) atoms. The molecule has 0 unspecified atom stereocenters. The fourth-order valence-electron chi connectivity index (χ4n) is 2.30. The van der Waals surface area contributed by atoms with Crippen molar-refractivity contribution >= 4 is 11.8 Å². The van der Waals surface area contributed by atoms with Gasteiger partial charge < -0.3 is 4.48 Å². The Balaban J connectivity index is 3.32. The number of nitrogens with zero attached hydrogens (tertiary/aromatic N) is 1. The molecule has 0 aromatic heterocycles. The zero-order chi connectivity index (χ0) is 14.4. The van der Waals surface area contributed by atoms with Gasteiger partial charge in [0.15, 0.2) is 0 Å². The van der Waals surface area contributed by atoms with Crippen LogP contribution in [0.5, 0.6) is 0 Å². The Labute approximate surface area is 127 Å². The van der Waals surface area contributed by atoms with Crippen molar-refractivity contribution in [3.63, 3.8) is 0 Å². The Kier molecular flexibility index (Phi) is 13.5. The van der Waals surface area contributed by atoms with E-state index in [1.54, 1.807) is 0 Å². The van der Waals surface area contributed by atoms with Crippen LogP contribution in [0.2, 0.25) is 0 Å². The first kappa shape index (κ1) is 19.3. The molecule has 0 saturated heterocycles. The molecule has 0 amide bonds. The quantitative estimate of drug-likeness (QED) is 0.225. The lowest BCUT2D eigenvalue weighted by Gasteiger charge is -2.29. The number of unbranched alkanes of at least 4 members (excludes halogenated alkanes) is 8. The number of rotatable bonds is 14. The molecule has 0 bridgehead atoms. The van der Waals surface area contributed by atoms with Gasteiger partial charge in [0, 0.05) is 0 Å². The van der Waals surface area contributed by atoms with E-state index in [1.165, 1.54) is 86.9 Å². The first-order valence-corrected chi connectivity index (χ1v) is 9.67. The lowest BCUT2D eigenvalue weighted by Crippen LogP contribution is -2.40. The highest BCUT2D eigenvalue weighted by atomic mass is 32.2. The summed E-state index contributed by atoms with van der Waals surface area (Å²) in [6, 6.07) is 0. The van der Waals surface area contributed by atoms with Gasteiger partial charge in [-0.25, -0.2) is 0 Å². The predicted octanol–water partition coefficient (Wildman–Crippen LogP) is 5.69. The third-order valence-electron chi connectivity index (χ3n) is 3.70. The van der Waals surface area contributed by atoms with Gasteiger partial charge in [0.2, 0.25) is 0 Å². The van der Waals surface area contributed by atoms with Crippen LogP contribution in [0.1, 0.15) is 78.1 Å². The smallest absolute Gasteiger partial charge is 0.125 e. The molecule has 0 rings (SSSR count). The van der Waals surface area contributed by atoms with Crippen LogP contribution in [0.25, 0.3) is 0 Å². The zero-order valence-corrected chi connectivity index (χ0v) is 14.9. The van der Waals surface area contributed by atoms with Crippen molar-refractivity contribution in [1.29, 1.82) is 0 Å². The molecule has 0 N–H and O–H groups in total. The van der Waals surface area contributed by atoms with Gasteiger partial charge in [-0.15, -0.1) is 11.8 Å². The van der Waals surface area contributed by atoms with Crippen LogP contribution >= 0.6 is 11.8 Å². The largest absolute Gasteiger partial charge is 0.320 e. The van der Waals surface area contributed by atoms with Crippen LogP contribution in [0.4, 0.5) is 0 Å². The zero-order valence-electron chi connectivity index (χ0n) is 14.0. The summed E-state index contributed by atoms with van der Waals surface area (Å²) in [6.07, 6.45) is 14.2. The molecule has 0 aliphatic heterocycles. The summed E-state index contributed by atoms with van der Waals surface area (Å²) in [5.41, 5.74) is 0. The minimum Gasteiger partial charge on any atom is -0.320 e. The van der Waals surface area contributed by atoms with Crippen LogP contribution in [-0.4, -0.2) is 36.8 Å². The van der Waals surface area contributed by atoms with E-state index in [-0.39, 0.29) is 0 Å². The normalized spacial score (nSPS) is 12.0. The predicted molar refractivity (Wildman–Crippen MR) is 91.8 cm³/mol. The monoisotopic (exact) mass is 288 g/mol. The summed E-state index contributed by atoms with van der Waals surface area (Å²) in [4.78, 5) is 0. The Bertz CT molecular complexity index is 180. The van der Waals surface area contributed by atoms with Gasteiger partial charge in [0.25, 0.3) is 0 Å². The van der Waals surface area contributed by atoms with E-state index in [1.807, 2.05) is 0 Å². The Morgan fingerprint density at radius 3 is 1.79 bits per heavy atom. The van der Waals surface area contributed by atoms with Crippen LogP contribution in [0.3, 0.4) is 0 Å². The maximum Gasteiger partial charge on any atom is 0.125 e. The Hall–Kier alpha value is 0.310. The van der Waals surface area contributed by atoms with Gasteiger partial charge in [-0.1, -0.05) is 58.8 Å². The Morgan fingerprint density at radius 1 is 0.684 bits per heavy atom. The van der Waals surface area contributed by atoms with E-state index in [4.69, 9.17) is 0 Å². The molecule has 116 valence electrons.